The van der Waals surface area contributed by atoms with Crippen LogP contribution >= 0.6 is 0 Å². The van der Waals surface area contributed by atoms with Gasteiger partial charge in [-0.25, -0.2) is 8.42 Å². The van der Waals surface area contributed by atoms with Gasteiger partial charge in [0.05, 0.1) is 10.5 Å². The van der Waals surface area contributed by atoms with Crippen LogP contribution in [0.1, 0.15) is 33.3 Å². The molecule has 1 aromatic carbocycles. The van der Waals surface area contributed by atoms with Gasteiger partial charge in [-0.05, 0) is 38.5 Å². The first-order chi connectivity index (χ1) is 8.12. The van der Waals surface area contributed by atoms with Crippen molar-refractivity contribution in [2.45, 2.75) is 38.2 Å². The Kier molecular flexibility index (Phi) is 4.16. The van der Waals surface area contributed by atoms with Gasteiger partial charge >= 0.3 is 0 Å². The molecule has 0 saturated carbocycles. The van der Waals surface area contributed by atoms with Crippen LogP contribution in [0.3, 0.4) is 0 Å². The lowest BCUT2D eigenvalue weighted by Gasteiger charge is -2.19. The van der Waals surface area contributed by atoms with E-state index in [0.717, 1.165) is 0 Å². The number of sulfone groups is 1. The molecule has 0 heterocycles. The van der Waals surface area contributed by atoms with Crippen molar-refractivity contribution in [2.24, 2.45) is 0 Å². The first-order valence-corrected chi connectivity index (χ1v) is 7.36. The number of amides is 1. The van der Waals surface area contributed by atoms with Crippen LogP contribution in [0.2, 0.25) is 0 Å². The minimum Gasteiger partial charge on any atom is -0.326 e. The summed E-state index contributed by atoms with van der Waals surface area (Å²) in [5, 5.41) is 2.64. The van der Waals surface area contributed by atoms with Crippen LogP contribution in [0, 0.1) is 0 Å². The third-order valence-electron chi connectivity index (χ3n) is 2.54. The molecule has 5 heteroatoms. The molecule has 0 unspecified atom stereocenters. The predicted octanol–water partition coefficient (Wildman–Crippen LogP) is 2.36. The molecular weight excluding hydrogens is 250 g/mol. The monoisotopic (exact) mass is 269 g/mol. The molecule has 1 amide bonds. The van der Waals surface area contributed by atoms with E-state index in [1.807, 2.05) is 0 Å². The standard InChI is InChI=1S/C13H19NO3S/c1-10(15)14-12-7-5-6-11(8-12)9-18(16,17)13(2,3)4/h5-8H,9H2,1-4H3,(H,14,15). The molecule has 1 aromatic rings. The summed E-state index contributed by atoms with van der Waals surface area (Å²) < 4.78 is 23.4. The molecule has 0 spiro atoms. The minimum atomic E-state index is -3.21. The van der Waals surface area contributed by atoms with E-state index in [1.165, 1.54) is 6.92 Å². The van der Waals surface area contributed by atoms with Crippen molar-refractivity contribution in [3.05, 3.63) is 29.8 Å². The van der Waals surface area contributed by atoms with Crippen LogP contribution < -0.4 is 5.32 Å². The van der Waals surface area contributed by atoms with E-state index in [1.54, 1.807) is 45.0 Å². The fourth-order valence-corrected chi connectivity index (χ4v) is 2.43. The van der Waals surface area contributed by atoms with E-state index >= 15 is 0 Å². The summed E-state index contributed by atoms with van der Waals surface area (Å²) in [6, 6.07) is 6.90. The molecule has 18 heavy (non-hydrogen) atoms. The normalized spacial score (nSPS) is 12.2. The fraction of sp³-hybridized carbons (Fsp3) is 0.462. The van der Waals surface area contributed by atoms with Gasteiger partial charge in [0.1, 0.15) is 0 Å². The second-order valence-electron chi connectivity index (χ2n) is 5.25. The summed E-state index contributed by atoms with van der Waals surface area (Å²) in [4.78, 5) is 10.9. The van der Waals surface area contributed by atoms with Crippen LogP contribution in [0.25, 0.3) is 0 Å². The molecule has 0 bridgehead atoms. The third kappa shape index (κ3) is 3.84. The molecule has 0 aliphatic heterocycles. The Hall–Kier alpha value is -1.36. The summed E-state index contributed by atoms with van der Waals surface area (Å²) in [5.74, 6) is -0.199. The largest absolute Gasteiger partial charge is 0.326 e. The highest BCUT2D eigenvalue weighted by Crippen LogP contribution is 2.21. The zero-order chi connectivity index (χ0) is 14.0. The number of hydrogen-bond donors (Lipinski definition) is 1. The molecule has 0 aliphatic carbocycles. The van der Waals surface area contributed by atoms with E-state index in [4.69, 9.17) is 0 Å². The van der Waals surface area contributed by atoms with Crippen molar-refractivity contribution in [1.29, 1.82) is 0 Å². The summed E-state index contributed by atoms with van der Waals surface area (Å²) in [6.45, 7) is 6.46. The van der Waals surface area contributed by atoms with Crippen molar-refractivity contribution in [3.8, 4) is 0 Å². The number of anilines is 1. The Morgan fingerprint density at radius 2 is 1.89 bits per heavy atom. The van der Waals surface area contributed by atoms with Crippen LogP contribution in [-0.2, 0) is 20.4 Å². The van der Waals surface area contributed by atoms with Gasteiger partial charge in [0, 0.05) is 12.6 Å². The number of nitrogens with one attached hydrogen (secondary N) is 1. The van der Waals surface area contributed by atoms with Crippen LogP contribution in [-0.4, -0.2) is 19.1 Å². The van der Waals surface area contributed by atoms with Gasteiger partial charge in [-0.1, -0.05) is 12.1 Å². The lowest BCUT2D eigenvalue weighted by Crippen LogP contribution is -2.29. The molecule has 0 aliphatic rings. The maximum Gasteiger partial charge on any atom is 0.221 e. The van der Waals surface area contributed by atoms with Gasteiger partial charge < -0.3 is 5.32 Å². The molecule has 1 N–H and O–H groups in total. The minimum absolute atomic E-state index is 0.0239. The molecule has 0 atom stereocenters. The van der Waals surface area contributed by atoms with Crippen LogP contribution in [0.5, 0.6) is 0 Å². The maximum atomic E-state index is 12.1. The molecular formula is C13H19NO3S. The lowest BCUT2D eigenvalue weighted by molar-refractivity contribution is -0.114. The SMILES string of the molecule is CC(=O)Nc1cccc(CS(=O)(=O)C(C)(C)C)c1. The second-order valence-corrected chi connectivity index (χ2v) is 8.00. The average Bonchev–Trinajstić information content (AvgIpc) is 2.14. The van der Waals surface area contributed by atoms with Gasteiger partial charge in [0.2, 0.25) is 5.91 Å². The molecule has 0 saturated heterocycles. The molecule has 0 fully saturated rings. The Morgan fingerprint density at radius 1 is 1.28 bits per heavy atom. The van der Waals surface area contributed by atoms with Gasteiger partial charge in [0.15, 0.2) is 9.84 Å². The van der Waals surface area contributed by atoms with Gasteiger partial charge in [-0.2, -0.15) is 0 Å². The van der Waals surface area contributed by atoms with E-state index in [9.17, 15) is 13.2 Å². The van der Waals surface area contributed by atoms with E-state index in [0.29, 0.717) is 11.3 Å². The summed E-state index contributed by atoms with van der Waals surface area (Å²) in [7, 11) is -3.21. The Morgan fingerprint density at radius 3 is 2.39 bits per heavy atom. The lowest BCUT2D eigenvalue weighted by atomic mass is 10.2. The van der Waals surface area contributed by atoms with Gasteiger partial charge in [-0.3, -0.25) is 4.79 Å². The Bertz CT molecular complexity index is 542. The zero-order valence-corrected chi connectivity index (χ0v) is 12.0. The zero-order valence-electron chi connectivity index (χ0n) is 11.1. The highest BCUT2D eigenvalue weighted by Gasteiger charge is 2.28. The summed E-state index contributed by atoms with van der Waals surface area (Å²) >= 11 is 0. The molecule has 100 valence electrons. The average molecular weight is 269 g/mol. The van der Waals surface area contributed by atoms with E-state index in [-0.39, 0.29) is 11.7 Å². The van der Waals surface area contributed by atoms with E-state index in [2.05, 4.69) is 5.32 Å². The fourth-order valence-electron chi connectivity index (χ4n) is 1.38. The first kappa shape index (κ1) is 14.7. The highest BCUT2D eigenvalue weighted by molar-refractivity contribution is 7.91. The number of benzene rings is 1. The van der Waals surface area contributed by atoms with Crippen LogP contribution in [0.15, 0.2) is 24.3 Å². The van der Waals surface area contributed by atoms with E-state index < -0.39 is 14.6 Å². The molecule has 0 aromatic heterocycles. The van der Waals surface area contributed by atoms with Crippen LogP contribution in [0.4, 0.5) is 5.69 Å². The van der Waals surface area contributed by atoms with Crippen molar-refractivity contribution < 1.29 is 13.2 Å². The van der Waals surface area contributed by atoms with Crippen molar-refractivity contribution >= 4 is 21.4 Å². The topological polar surface area (TPSA) is 63.2 Å². The predicted molar refractivity (Wildman–Crippen MR) is 73.1 cm³/mol. The Balaban J connectivity index is 2.96. The third-order valence-corrected chi connectivity index (χ3v) is 5.12. The summed E-state index contributed by atoms with van der Waals surface area (Å²) in [5.41, 5.74) is 1.29. The molecule has 0 radical (unpaired) electrons. The molecule has 1 rings (SSSR count). The van der Waals surface area contributed by atoms with Crippen molar-refractivity contribution in [1.82, 2.24) is 0 Å². The van der Waals surface area contributed by atoms with Crippen molar-refractivity contribution in [3.63, 3.8) is 0 Å². The maximum absolute atomic E-state index is 12.1. The summed E-state index contributed by atoms with van der Waals surface area (Å²) in [6.07, 6.45) is 0. The smallest absolute Gasteiger partial charge is 0.221 e. The van der Waals surface area contributed by atoms with Gasteiger partial charge in [-0.15, -0.1) is 0 Å². The Labute approximate surface area is 108 Å². The number of carbonyl (C=O) groups is 1. The first-order valence-electron chi connectivity index (χ1n) is 5.71. The molecule has 4 nitrogen and oxygen atoms in total. The number of hydrogen-bond acceptors (Lipinski definition) is 3. The van der Waals surface area contributed by atoms with Crippen molar-refractivity contribution in [2.75, 3.05) is 5.32 Å². The second kappa shape index (κ2) is 5.10. The van der Waals surface area contributed by atoms with Gasteiger partial charge in [0.25, 0.3) is 0 Å². The number of rotatable bonds is 3. The highest BCUT2D eigenvalue weighted by atomic mass is 32.2. The number of carbonyl (C=O) groups excluding carboxylic acids is 1. The quantitative estimate of drug-likeness (QED) is 0.916.